The number of amides is 3. The molecule has 0 saturated heterocycles. The second-order valence-corrected chi connectivity index (χ2v) is 11.1. The molecule has 15 nitrogen and oxygen atoms in total. The maximum Gasteiger partial charge on any atom is 0.387 e. The molecule has 2 saturated carbocycles. The first-order valence-electron chi connectivity index (χ1n) is 16.0. The van der Waals surface area contributed by atoms with Gasteiger partial charge in [0.15, 0.2) is 0 Å². The van der Waals surface area contributed by atoms with Gasteiger partial charge in [0, 0.05) is 26.3 Å². The van der Waals surface area contributed by atoms with Crippen molar-refractivity contribution in [3.8, 4) is 5.75 Å². The highest BCUT2D eigenvalue weighted by molar-refractivity contribution is 6.09. The topological polar surface area (TPSA) is 230 Å². The van der Waals surface area contributed by atoms with Crippen LogP contribution in [0.3, 0.4) is 0 Å². The molecule has 49 heavy (non-hydrogen) atoms. The number of aromatic amines is 2. The minimum absolute atomic E-state index is 0. The van der Waals surface area contributed by atoms with Crippen molar-refractivity contribution in [2.24, 2.45) is 0 Å². The van der Waals surface area contributed by atoms with E-state index in [4.69, 9.17) is 15.2 Å². The number of ether oxygens (including phenoxy) is 3. The molecule has 2 heterocycles. The Morgan fingerprint density at radius 1 is 0.796 bits per heavy atom. The number of hydrogen-bond acceptors (Lipinski definition) is 9. The van der Waals surface area contributed by atoms with E-state index in [1.165, 1.54) is 36.7 Å². The molecule has 17 heteroatoms. The zero-order valence-corrected chi connectivity index (χ0v) is 28.2. The van der Waals surface area contributed by atoms with Crippen molar-refractivity contribution in [3.05, 3.63) is 53.6 Å². The molecule has 5 rings (SSSR count). The summed E-state index contributed by atoms with van der Waals surface area (Å²) < 4.78 is 40.1. The Hall–Kier alpha value is -4.61. The third-order valence-corrected chi connectivity index (χ3v) is 8.04. The summed E-state index contributed by atoms with van der Waals surface area (Å²) in [5.41, 5.74) is 6.49. The molecule has 2 aliphatic carbocycles. The molecule has 9 N–H and O–H groups in total. The maximum atomic E-state index is 12.6. The largest absolute Gasteiger partial charge is 0.434 e. The zero-order chi connectivity index (χ0) is 35.1. The molecular formula is C32H48F2N8O7. The van der Waals surface area contributed by atoms with Crippen molar-refractivity contribution in [3.63, 3.8) is 0 Å². The zero-order valence-electron chi connectivity index (χ0n) is 28.2. The summed E-state index contributed by atoms with van der Waals surface area (Å²) >= 11 is 0. The number of methoxy groups -OCH3 is 2. The number of halogens is 2. The van der Waals surface area contributed by atoms with Crippen molar-refractivity contribution >= 4 is 29.1 Å². The Bertz CT molecular complexity index is 1440. The fourth-order valence-corrected chi connectivity index (χ4v) is 5.47. The van der Waals surface area contributed by atoms with Crippen LogP contribution in [0.1, 0.15) is 96.5 Å². The average molecular weight is 695 g/mol. The molecule has 0 unspecified atom stereocenters. The van der Waals surface area contributed by atoms with Crippen LogP contribution in [0.25, 0.3) is 0 Å². The number of benzene rings is 1. The smallest absolute Gasteiger partial charge is 0.387 e. The maximum absolute atomic E-state index is 12.6. The molecule has 272 valence electrons. The van der Waals surface area contributed by atoms with Crippen LogP contribution in [0, 0.1) is 0 Å². The van der Waals surface area contributed by atoms with Crippen molar-refractivity contribution in [1.82, 2.24) is 31.0 Å². The van der Waals surface area contributed by atoms with Crippen LogP contribution in [0.5, 0.6) is 5.75 Å². The summed E-state index contributed by atoms with van der Waals surface area (Å²) in [5.74, 6) is -1.54. The fraction of sp³-hybridized carbons (Fsp3) is 0.531. The van der Waals surface area contributed by atoms with E-state index in [0.29, 0.717) is 17.5 Å². The first kappa shape index (κ1) is 40.6. The molecule has 2 fully saturated rings. The number of H-pyrrole nitrogens is 2. The number of aromatic nitrogens is 4. The molecule has 1 aromatic carbocycles. The molecule has 3 amide bonds. The number of nitrogens with zero attached hydrogens (tertiary/aromatic N) is 2. The van der Waals surface area contributed by atoms with E-state index >= 15 is 0 Å². The van der Waals surface area contributed by atoms with Gasteiger partial charge in [-0.1, -0.05) is 26.0 Å². The van der Waals surface area contributed by atoms with Gasteiger partial charge in [-0.3, -0.25) is 24.6 Å². The average Bonchev–Trinajstić information content (AvgIpc) is 3.75. The Morgan fingerprint density at radius 2 is 1.29 bits per heavy atom. The summed E-state index contributed by atoms with van der Waals surface area (Å²) in [6, 6.07) is 5.81. The van der Waals surface area contributed by atoms with Gasteiger partial charge in [-0.2, -0.15) is 19.0 Å². The van der Waals surface area contributed by atoms with Crippen LogP contribution in [0.4, 0.5) is 20.2 Å². The van der Waals surface area contributed by atoms with Crippen molar-refractivity contribution in [2.75, 3.05) is 25.3 Å². The number of rotatable bonds is 10. The van der Waals surface area contributed by atoms with E-state index in [1.807, 2.05) is 13.8 Å². The Labute approximate surface area is 283 Å². The van der Waals surface area contributed by atoms with Gasteiger partial charge in [-0.15, -0.1) is 0 Å². The highest BCUT2D eigenvalue weighted by Gasteiger charge is 2.26. The van der Waals surface area contributed by atoms with Crippen LogP contribution in [0.15, 0.2) is 36.7 Å². The lowest BCUT2D eigenvalue weighted by Crippen LogP contribution is -2.39. The van der Waals surface area contributed by atoms with Crippen LogP contribution >= 0.6 is 0 Å². The summed E-state index contributed by atoms with van der Waals surface area (Å²) in [4.78, 5) is 37.0. The normalized spacial score (nSPS) is 19.9. The van der Waals surface area contributed by atoms with Gasteiger partial charge in [0.25, 0.3) is 17.7 Å². The van der Waals surface area contributed by atoms with Gasteiger partial charge in [0.2, 0.25) is 0 Å². The van der Waals surface area contributed by atoms with Crippen LogP contribution in [-0.2, 0) is 9.47 Å². The van der Waals surface area contributed by atoms with Gasteiger partial charge < -0.3 is 41.4 Å². The number of hydrogen-bond donors (Lipinski definition) is 6. The molecule has 2 aromatic heterocycles. The van der Waals surface area contributed by atoms with E-state index < -0.39 is 18.4 Å². The number of para-hydroxylation sites is 1. The number of nitrogen functional groups attached to an aromatic ring is 1. The standard InChI is InChI=1S/C19H22F2N4O4.C11H18N4O2.C2H6.H2O/c1-28-12-8-6-11(7-9-12)23-18(27)16-14(10-22-25-16)24-17(26)13-4-2-3-5-15(13)29-19(20)21;1-17-8-4-2-7(3-5-8)14-11(16)10-9(12)6-13-15-10;1-2;/h2-5,10-12,19H,6-9H2,1H3,(H,22,25)(H,23,27)(H,24,26);6-8H,2-5,12H2,1H3,(H,13,15)(H,14,16);1-2H3;1H2. The quantitative estimate of drug-likeness (QED) is 0.181. The van der Waals surface area contributed by atoms with Gasteiger partial charge in [-0.05, 0) is 63.5 Å². The minimum Gasteiger partial charge on any atom is -0.434 e. The highest BCUT2D eigenvalue weighted by atomic mass is 19.3. The van der Waals surface area contributed by atoms with Gasteiger partial charge in [0.1, 0.15) is 17.1 Å². The molecule has 3 aromatic rings. The van der Waals surface area contributed by atoms with E-state index in [-0.39, 0.29) is 52.3 Å². The predicted octanol–water partition coefficient (Wildman–Crippen LogP) is 3.83. The van der Waals surface area contributed by atoms with E-state index in [9.17, 15) is 23.2 Å². The van der Waals surface area contributed by atoms with Gasteiger partial charge >= 0.3 is 6.61 Å². The SMILES string of the molecule is CC.COC1CCC(NC(=O)c2[nH]ncc2N)CC1.COC1CCC(NC(=O)c2[nH]ncc2NC(=O)c2ccccc2OC(F)F)CC1.O. The third-order valence-electron chi connectivity index (χ3n) is 8.04. The van der Waals surface area contributed by atoms with E-state index in [2.05, 4.69) is 41.1 Å². The minimum atomic E-state index is -3.06. The number of alkyl halides is 2. The van der Waals surface area contributed by atoms with Crippen molar-refractivity contribution in [1.29, 1.82) is 0 Å². The molecule has 0 bridgehead atoms. The third kappa shape index (κ3) is 12.1. The van der Waals surface area contributed by atoms with Crippen LogP contribution < -0.4 is 26.4 Å². The molecule has 2 aliphatic rings. The summed E-state index contributed by atoms with van der Waals surface area (Å²) in [7, 11) is 3.41. The first-order valence-corrected chi connectivity index (χ1v) is 16.0. The monoisotopic (exact) mass is 694 g/mol. The second kappa shape index (κ2) is 20.7. The molecule has 0 aliphatic heterocycles. The predicted molar refractivity (Wildman–Crippen MR) is 179 cm³/mol. The molecular weight excluding hydrogens is 646 g/mol. The Kier molecular flexibility index (Phi) is 17.1. The Morgan fingerprint density at radius 3 is 1.78 bits per heavy atom. The van der Waals surface area contributed by atoms with Crippen molar-refractivity contribution < 1.29 is 42.9 Å². The van der Waals surface area contributed by atoms with Gasteiger partial charge in [-0.25, -0.2) is 0 Å². The molecule has 0 spiro atoms. The van der Waals surface area contributed by atoms with E-state index in [1.54, 1.807) is 14.2 Å². The lowest BCUT2D eigenvalue weighted by molar-refractivity contribution is -0.0501. The molecule has 0 atom stereocenters. The summed E-state index contributed by atoms with van der Waals surface area (Å²) in [6.45, 7) is 0.937. The summed E-state index contributed by atoms with van der Waals surface area (Å²) in [6.07, 6.45) is 10.4. The van der Waals surface area contributed by atoms with Crippen LogP contribution in [-0.4, -0.2) is 88.7 Å². The summed E-state index contributed by atoms with van der Waals surface area (Å²) in [5, 5.41) is 21.1. The number of carbonyl (C=O) groups excluding carboxylic acids is 3. The second-order valence-electron chi connectivity index (χ2n) is 11.1. The lowest BCUT2D eigenvalue weighted by atomic mass is 9.93. The first-order chi connectivity index (χ1) is 23.2. The van der Waals surface area contributed by atoms with Gasteiger partial charge in [0.05, 0.1) is 41.5 Å². The highest BCUT2D eigenvalue weighted by Crippen LogP contribution is 2.24. The molecule has 0 radical (unpaired) electrons. The van der Waals surface area contributed by atoms with Crippen LogP contribution in [0.2, 0.25) is 0 Å². The fourth-order valence-electron chi connectivity index (χ4n) is 5.47. The number of nitrogens with one attached hydrogen (secondary N) is 5. The lowest BCUT2D eigenvalue weighted by Gasteiger charge is -2.28. The Balaban J connectivity index is 0.000000356. The number of nitrogens with two attached hydrogens (primary N) is 1. The van der Waals surface area contributed by atoms with Crippen molar-refractivity contribution in [2.45, 2.75) is 96.1 Å². The number of carbonyl (C=O) groups is 3. The number of anilines is 2. The van der Waals surface area contributed by atoms with E-state index in [0.717, 1.165) is 51.4 Å².